The van der Waals surface area contributed by atoms with E-state index in [2.05, 4.69) is 6.92 Å². The van der Waals surface area contributed by atoms with Crippen LogP contribution < -0.4 is 14.9 Å². The number of β-amino-alcohol motifs (C(OH)–C–C–N with tert-alkyl or cyclic N) is 1. The molecule has 1 aliphatic heterocycles. The van der Waals surface area contributed by atoms with Crippen LogP contribution in [0.3, 0.4) is 0 Å². The van der Waals surface area contributed by atoms with Gasteiger partial charge in [0, 0.05) is 6.54 Å². The zero-order valence-corrected chi connectivity index (χ0v) is 19.0. The van der Waals surface area contributed by atoms with Gasteiger partial charge in [0.05, 0.1) is 36.8 Å². The van der Waals surface area contributed by atoms with Crippen LogP contribution in [0.4, 0.5) is 0 Å². The molecular formula is C26H29NO6. The third-order valence-electron chi connectivity index (χ3n) is 5.80. The molecule has 1 aliphatic rings. The van der Waals surface area contributed by atoms with Gasteiger partial charge in [0.25, 0.3) is 5.91 Å². The molecule has 7 heteroatoms. The van der Waals surface area contributed by atoms with Crippen molar-refractivity contribution in [2.75, 3.05) is 26.4 Å². The fraction of sp³-hybridized carbons (Fsp3) is 0.385. The zero-order valence-electron chi connectivity index (χ0n) is 19.0. The minimum atomic E-state index is -0.686. The van der Waals surface area contributed by atoms with Crippen molar-refractivity contribution in [3.63, 3.8) is 0 Å². The van der Waals surface area contributed by atoms with Crippen LogP contribution in [0.5, 0.6) is 11.5 Å². The summed E-state index contributed by atoms with van der Waals surface area (Å²) in [6, 6.07) is 11.7. The normalized spacial score (nSPS) is 15.2. The average Bonchev–Trinajstić information content (AvgIpc) is 3.10. The van der Waals surface area contributed by atoms with E-state index in [0.717, 1.165) is 19.3 Å². The first-order valence-electron chi connectivity index (χ1n) is 11.5. The fourth-order valence-corrected chi connectivity index (χ4v) is 4.27. The molecule has 0 fully saturated rings. The Morgan fingerprint density at radius 2 is 1.85 bits per heavy atom. The molecule has 7 nitrogen and oxygen atoms in total. The fourth-order valence-electron chi connectivity index (χ4n) is 4.27. The molecule has 1 atom stereocenters. The summed E-state index contributed by atoms with van der Waals surface area (Å²) in [5.41, 5.74) is 1.10. The number of para-hydroxylation sites is 1. The molecule has 33 heavy (non-hydrogen) atoms. The van der Waals surface area contributed by atoms with Gasteiger partial charge < -0.3 is 23.9 Å². The summed E-state index contributed by atoms with van der Waals surface area (Å²) in [7, 11) is 0. The Morgan fingerprint density at radius 3 is 2.61 bits per heavy atom. The number of nitrogens with zero attached hydrogens (tertiary/aromatic N) is 1. The van der Waals surface area contributed by atoms with E-state index in [1.807, 2.05) is 25.1 Å². The van der Waals surface area contributed by atoms with E-state index in [1.165, 1.54) is 4.90 Å². The summed E-state index contributed by atoms with van der Waals surface area (Å²) >= 11 is 0. The van der Waals surface area contributed by atoms with Crippen LogP contribution in [0.1, 0.15) is 60.8 Å². The Balaban J connectivity index is 1.80. The maximum absolute atomic E-state index is 13.4. The number of hydrogen-bond donors (Lipinski definition) is 1. The largest absolute Gasteiger partial charge is 0.490 e. The van der Waals surface area contributed by atoms with E-state index in [-0.39, 0.29) is 29.9 Å². The molecule has 0 saturated carbocycles. The first-order valence-corrected chi connectivity index (χ1v) is 11.5. The lowest BCUT2D eigenvalue weighted by molar-refractivity contribution is 0.0691. The van der Waals surface area contributed by atoms with Crippen molar-refractivity contribution >= 4 is 16.9 Å². The molecule has 1 N–H and O–H groups in total. The highest BCUT2D eigenvalue weighted by Crippen LogP contribution is 2.40. The first kappa shape index (κ1) is 22.9. The zero-order chi connectivity index (χ0) is 23.4. The van der Waals surface area contributed by atoms with Crippen LogP contribution in [-0.2, 0) is 0 Å². The van der Waals surface area contributed by atoms with E-state index in [0.29, 0.717) is 41.2 Å². The standard InChI is InChI=1S/C26H29NO6/c1-3-5-8-15-32-20-12-11-17(16-21(20)31-4-2)23-22-24(29)18-9-6-7-10-19(18)33-25(22)26(30)27(23)13-14-28/h6-7,9-12,16,23,28H,3-5,8,13-15H2,1-2H3/t23-/m0/s1. The molecule has 0 bridgehead atoms. The predicted octanol–water partition coefficient (Wildman–Crippen LogP) is 4.30. The van der Waals surface area contributed by atoms with Crippen LogP contribution in [0.2, 0.25) is 0 Å². The van der Waals surface area contributed by atoms with Crippen molar-refractivity contribution in [1.29, 1.82) is 0 Å². The highest BCUT2D eigenvalue weighted by Gasteiger charge is 2.42. The molecular weight excluding hydrogens is 422 g/mol. The molecule has 0 radical (unpaired) electrons. The molecule has 1 amide bonds. The summed E-state index contributed by atoms with van der Waals surface area (Å²) in [5.74, 6) is 0.793. The molecule has 0 aliphatic carbocycles. The summed E-state index contributed by atoms with van der Waals surface area (Å²) in [4.78, 5) is 28.1. The smallest absolute Gasteiger partial charge is 0.290 e. The number of fused-ring (bicyclic) bond motifs is 2. The number of rotatable bonds is 10. The van der Waals surface area contributed by atoms with Crippen LogP contribution >= 0.6 is 0 Å². The molecule has 0 saturated heterocycles. The van der Waals surface area contributed by atoms with Gasteiger partial charge in [-0.1, -0.05) is 38.0 Å². The lowest BCUT2D eigenvalue weighted by Crippen LogP contribution is -2.32. The lowest BCUT2D eigenvalue weighted by atomic mass is 9.98. The minimum Gasteiger partial charge on any atom is -0.490 e. The van der Waals surface area contributed by atoms with Gasteiger partial charge in [-0.25, -0.2) is 0 Å². The van der Waals surface area contributed by atoms with Gasteiger partial charge in [-0.15, -0.1) is 0 Å². The molecule has 0 spiro atoms. The van der Waals surface area contributed by atoms with Crippen molar-refractivity contribution in [2.24, 2.45) is 0 Å². The van der Waals surface area contributed by atoms with Gasteiger partial charge in [-0.3, -0.25) is 9.59 Å². The monoisotopic (exact) mass is 451 g/mol. The second-order valence-electron chi connectivity index (χ2n) is 7.99. The van der Waals surface area contributed by atoms with Crippen molar-refractivity contribution in [3.8, 4) is 11.5 Å². The second kappa shape index (κ2) is 10.1. The van der Waals surface area contributed by atoms with Gasteiger partial charge in [0.15, 0.2) is 16.9 Å². The average molecular weight is 452 g/mol. The summed E-state index contributed by atoms with van der Waals surface area (Å²) in [5, 5.41) is 10.0. The number of carbonyl (C=O) groups excluding carboxylic acids is 1. The molecule has 1 aromatic heterocycles. The van der Waals surface area contributed by atoms with Crippen LogP contribution in [0, 0.1) is 0 Å². The van der Waals surface area contributed by atoms with Crippen molar-refractivity contribution < 1.29 is 23.8 Å². The number of aliphatic hydroxyl groups excluding tert-OH is 1. The van der Waals surface area contributed by atoms with Crippen LogP contribution in [0.15, 0.2) is 51.7 Å². The molecule has 4 rings (SSSR count). The number of amides is 1. The SMILES string of the molecule is CCCCCOc1ccc([C@H]2c3c(oc4ccccc4c3=O)C(=O)N2CCO)cc1OCC. The van der Waals surface area contributed by atoms with E-state index >= 15 is 0 Å². The van der Waals surface area contributed by atoms with Crippen LogP contribution in [0.25, 0.3) is 11.0 Å². The quantitative estimate of drug-likeness (QED) is 0.463. The Morgan fingerprint density at radius 1 is 1.03 bits per heavy atom. The predicted molar refractivity (Wildman–Crippen MR) is 125 cm³/mol. The number of carbonyl (C=O) groups is 1. The van der Waals surface area contributed by atoms with Gasteiger partial charge >= 0.3 is 0 Å². The van der Waals surface area contributed by atoms with E-state index in [4.69, 9.17) is 13.9 Å². The van der Waals surface area contributed by atoms with Gasteiger partial charge in [-0.2, -0.15) is 0 Å². The van der Waals surface area contributed by atoms with E-state index < -0.39 is 11.9 Å². The van der Waals surface area contributed by atoms with Crippen molar-refractivity contribution in [2.45, 2.75) is 39.2 Å². The summed E-state index contributed by atoms with van der Waals surface area (Å²) in [6.07, 6.45) is 3.14. The number of benzene rings is 2. The minimum absolute atomic E-state index is 0.0232. The van der Waals surface area contributed by atoms with Crippen molar-refractivity contribution in [1.82, 2.24) is 4.90 Å². The number of aliphatic hydroxyl groups is 1. The first-order chi connectivity index (χ1) is 16.1. The maximum atomic E-state index is 13.4. The topological polar surface area (TPSA) is 89.2 Å². The van der Waals surface area contributed by atoms with E-state index in [9.17, 15) is 14.7 Å². The summed E-state index contributed by atoms with van der Waals surface area (Å²) < 4.78 is 17.6. The van der Waals surface area contributed by atoms with Gasteiger partial charge in [-0.05, 0) is 43.2 Å². The number of ether oxygens (including phenoxy) is 2. The Kier molecular flexibility index (Phi) is 6.99. The third-order valence-corrected chi connectivity index (χ3v) is 5.80. The Labute approximate surface area is 192 Å². The van der Waals surface area contributed by atoms with Crippen molar-refractivity contribution in [3.05, 3.63) is 69.6 Å². The molecule has 2 heterocycles. The molecule has 0 unspecified atom stereocenters. The molecule has 174 valence electrons. The van der Waals surface area contributed by atoms with Gasteiger partial charge in [0.2, 0.25) is 5.76 Å². The van der Waals surface area contributed by atoms with Crippen LogP contribution in [-0.4, -0.2) is 42.3 Å². The highest BCUT2D eigenvalue weighted by molar-refractivity contribution is 5.99. The Hall–Kier alpha value is -3.32. The van der Waals surface area contributed by atoms with E-state index in [1.54, 1.807) is 24.3 Å². The highest BCUT2D eigenvalue weighted by atomic mass is 16.5. The third kappa shape index (κ3) is 4.33. The molecule has 3 aromatic rings. The number of hydrogen-bond acceptors (Lipinski definition) is 6. The lowest BCUT2D eigenvalue weighted by Gasteiger charge is -2.25. The second-order valence-corrected chi connectivity index (χ2v) is 7.99. The van der Waals surface area contributed by atoms with Gasteiger partial charge in [0.1, 0.15) is 5.58 Å². The maximum Gasteiger partial charge on any atom is 0.290 e. The molecule has 2 aromatic carbocycles. The number of unbranched alkanes of at least 4 members (excludes halogenated alkanes) is 2. The Bertz CT molecular complexity index is 1200. The summed E-state index contributed by atoms with van der Waals surface area (Å²) in [6.45, 7) is 4.90.